The lowest BCUT2D eigenvalue weighted by Gasteiger charge is -2.08. The lowest BCUT2D eigenvalue weighted by Crippen LogP contribution is -2.01. The third-order valence-electron chi connectivity index (χ3n) is 2.26. The number of carboxylic acids is 1. The van der Waals surface area contributed by atoms with Crippen molar-refractivity contribution < 1.29 is 9.90 Å². The average molecular weight is 264 g/mol. The predicted octanol–water partition coefficient (Wildman–Crippen LogP) is 2.76. The minimum absolute atomic E-state index is 0.188. The van der Waals surface area contributed by atoms with E-state index in [9.17, 15) is 4.79 Å². The molecule has 2 aromatic rings. The van der Waals surface area contributed by atoms with Crippen LogP contribution in [0.3, 0.4) is 0 Å². The van der Waals surface area contributed by atoms with Crippen LogP contribution in [0, 0.1) is 0 Å². The van der Waals surface area contributed by atoms with Gasteiger partial charge in [-0.05, 0) is 24.3 Å². The normalized spacial score (nSPS) is 10.1. The molecule has 0 unspecified atom stereocenters. The van der Waals surface area contributed by atoms with E-state index in [0.29, 0.717) is 22.2 Å². The van der Waals surface area contributed by atoms with E-state index in [2.05, 4.69) is 10.3 Å². The maximum absolute atomic E-state index is 10.8. The first-order chi connectivity index (χ1) is 8.56. The fourth-order valence-electron chi connectivity index (χ4n) is 1.43. The number of pyridine rings is 1. The molecule has 1 heterocycles. The summed E-state index contributed by atoms with van der Waals surface area (Å²) in [5, 5.41) is 12.3. The molecule has 5 nitrogen and oxygen atoms in total. The maximum atomic E-state index is 10.8. The van der Waals surface area contributed by atoms with Gasteiger partial charge in [-0.15, -0.1) is 0 Å². The van der Waals surface area contributed by atoms with Crippen LogP contribution in [0.1, 0.15) is 10.4 Å². The average Bonchev–Trinajstić information content (AvgIpc) is 2.33. The second-order valence-electron chi connectivity index (χ2n) is 3.60. The van der Waals surface area contributed by atoms with Gasteiger partial charge in [-0.2, -0.15) is 0 Å². The van der Waals surface area contributed by atoms with Gasteiger partial charge in [-0.25, -0.2) is 9.78 Å². The van der Waals surface area contributed by atoms with Crippen LogP contribution in [0.15, 0.2) is 36.5 Å². The molecule has 0 saturated heterocycles. The van der Waals surface area contributed by atoms with E-state index in [1.54, 1.807) is 18.2 Å². The van der Waals surface area contributed by atoms with Gasteiger partial charge in [-0.1, -0.05) is 17.7 Å². The third-order valence-corrected chi connectivity index (χ3v) is 2.46. The highest BCUT2D eigenvalue weighted by molar-refractivity contribution is 6.30. The van der Waals surface area contributed by atoms with Crippen LogP contribution >= 0.6 is 11.6 Å². The number of nitrogen functional groups attached to an aromatic ring is 1. The van der Waals surface area contributed by atoms with Crippen LogP contribution in [0.4, 0.5) is 17.2 Å². The topological polar surface area (TPSA) is 88.2 Å². The third kappa shape index (κ3) is 2.70. The summed E-state index contributed by atoms with van der Waals surface area (Å²) in [6.45, 7) is 0. The predicted molar refractivity (Wildman–Crippen MR) is 70.3 cm³/mol. The zero-order valence-electron chi connectivity index (χ0n) is 9.22. The number of halogens is 1. The highest BCUT2D eigenvalue weighted by Crippen LogP contribution is 2.23. The lowest BCUT2D eigenvalue weighted by molar-refractivity contribution is 0.0697. The molecule has 1 aromatic carbocycles. The first kappa shape index (κ1) is 12.2. The SMILES string of the molecule is Nc1cc(Cl)cnc1Nc1cccc(C(=O)O)c1. The van der Waals surface area contributed by atoms with E-state index in [-0.39, 0.29) is 5.56 Å². The number of carbonyl (C=O) groups is 1. The van der Waals surface area contributed by atoms with Crippen molar-refractivity contribution in [2.24, 2.45) is 0 Å². The zero-order chi connectivity index (χ0) is 13.1. The molecule has 2 rings (SSSR count). The quantitative estimate of drug-likeness (QED) is 0.792. The number of aromatic carboxylic acids is 1. The van der Waals surface area contributed by atoms with Crippen LogP contribution in [0.25, 0.3) is 0 Å². The number of nitrogens with zero attached hydrogens (tertiary/aromatic N) is 1. The number of carboxylic acid groups (broad SMARTS) is 1. The Morgan fingerprint density at radius 1 is 1.39 bits per heavy atom. The molecule has 0 saturated carbocycles. The van der Waals surface area contributed by atoms with Crippen molar-refractivity contribution >= 4 is 34.8 Å². The molecule has 0 radical (unpaired) electrons. The molecule has 1 aromatic heterocycles. The first-order valence-electron chi connectivity index (χ1n) is 5.07. The molecule has 92 valence electrons. The molecule has 0 atom stereocenters. The second-order valence-corrected chi connectivity index (χ2v) is 4.04. The van der Waals surface area contributed by atoms with Gasteiger partial charge in [0.1, 0.15) is 0 Å². The van der Waals surface area contributed by atoms with Crippen molar-refractivity contribution in [3.63, 3.8) is 0 Å². The molecule has 0 aliphatic heterocycles. The number of benzene rings is 1. The van der Waals surface area contributed by atoms with Gasteiger partial charge in [-0.3, -0.25) is 0 Å². The Kier molecular flexibility index (Phi) is 3.34. The molecular formula is C12H10ClN3O2. The van der Waals surface area contributed by atoms with E-state index >= 15 is 0 Å². The smallest absolute Gasteiger partial charge is 0.335 e. The van der Waals surface area contributed by atoms with Crippen molar-refractivity contribution in [1.29, 1.82) is 0 Å². The number of anilines is 3. The van der Waals surface area contributed by atoms with Crippen molar-refractivity contribution in [3.05, 3.63) is 47.1 Å². The van der Waals surface area contributed by atoms with E-state index in [0.717, 1.165) is 0 Å². The maximum Gasteiger partial charge on any atom is 0.335 e. The van der Waals surface area contributed by atoms with Crippen molar-refractivity contribution in [1.82, 2.24) is 4.98 Å². The molecule has 0 bridgehead atoms. The summed E-state index contributed by atoms with van der Waals surface area (Å²) in [7, 11) is 0. The Labute approximate surface area is 108 Å². The Morgan fingerprint density at radius 3 is 2.83 bits per heavy atom. The van der Waals surface area contributed by atoms with Gasteiger partial charge >= 0.3 is 5.97 Å². The van der Waals surface area contributed by atoms with Crippen LogP contribution in [-0.2, 0) is 0 Å². The van der Waals surface area contributed by atoms with Crippen LogP contribution in [-0.4, -0.2) is 16.1 Å². The molecule has 0 amide bonds. The Balaban J connectivity index is 2.28. The highest BCUT2D eigenvalue weighted by atomic mass is 35.5. The number of hydrogen-bond acceptors (Lipinski definition) is 4. The van der Waals surface area contributed by atoms with E-state index in [1.807, 2.05) is 0 Å². The summed E-state index contributed by atoms with van der Waals surface area (Å²) < 4.78 is 0. The second kappa shape index (κ2) is 4.93. The van der Waals surface area contributed by atoms with Gasteiger partial charge < -0.3 is 16.2 Å². The standard InChI is InChI=1S/C12H10ClN3O2/c13-8-5-10(14)11(15-6-8)16-9-3-1-2-7(4-9)12(17)18/h1-6H,14H2,(H,15,16)(H,17,18). The van der Waals surface area contributed by atoms with Crippen molar-refractivity contribution in [2.75, 3.05) is 11.1 Å². The number of hydrogen-bond donors (Lipinski definition) is 3. The number of rotatable bonds is 3. The number of nitrogens with two attached hydrogens (primary N) is 1. The highest BCUT2D eigenvalue weighted by Gasteiger charge is 2.05. The van der Waals surface area contributed by atoms with Gasteiger partial charge in [0.05, 0.1) is 16.3 Å². The van der Waals surface area contributed by atoms with Gasteiger partial charge in [0, 0.05) is 11.9 Å². The molecule has 0 fully saturated rings. The number of aromatic nitrogens is 1. The summed E-state index contributed by atoms with van der Waals surface area (Å²) >= 11 is 5.74. The monoisotopic (exact) mass is 263 g/mol. The molecular weight excluding hydrogens is 254 g/mol. The fourth-order valence-corrected chi connectivity index (χ4v) is 1.59. The van der Waals surface area contributed by atoms with E-state index in [1.165, 1.54) is 18.3 Å². The van der Waals surface area contributed by atoms with Crippen molar-refractivity contribution in [2.45, 2.75) is 0 Å². The molecule has 6 heteroatoms. The Hall–Kier alpha value is -2.27. The molecule has 18 heavy (non-hydrogen) atoms. The van der Waals surface area contributed by atoms with Crippen LogP contribution in [0.2, 0.25) is 5.02 Å². The first-order valence-corrected chi connectivity index (χ1v) is 5.45. The summed E-state index contributed by atoms with van der Waals surface area (Å²) in [4.78, 5) is 14.9. The van der Waals surface area contributed by atoms with E-state index < -0.39 is 5.97 Å². The minimum atomic E-state index is -0.990. The van der Waals surface area contributed by atoms with Crippen molar-refractivity contribution in [3.8, 4) is 0 Å². The zero-order valence-corrected chi connectivity index (χ0v) is 9.98. The van der Waals surface area contributed by atoms with Crippen LogP contribution < -0.4 is 11.1 Å². The Bertz CT molecular complexity index is 602. The van der Waals surface area contributed by atoms with Crippen LogP contribution in [0.5, 0.6) is 0 Å². The number of nitrogens with one attached hydrogen (secondary N) is 1. The summed E-state index contributed by atoms with van der Waals surface area (Å²) in [5.41, 5.74) is 6.91. The molecule has 0 spiro atoms. The summed E-state index contributed by atoms with van der Waals surface area (Å²) in [6.07, 6.45) is 1.46. The Morgan fingerprint density at radius 2 is 2.17 bits per heavy atom. The summed E-state index contributed by atoms with van der Waals surface area (Å²) in [5.74, 6) is -0.558. The molecule has 0 aliphatic carbocycles. The van der Waals surface area contributed by atoms with Gasteiger partial charge in [0.25, 0.3) is 0 Å². The van der Waals surface area contributed by atoms with Gasteiger partial charge in [0.2, 0.25) is 0 Å². The lowest BCUT2D eigenvalue weighted by atomic mass is 10.2. The molecule has 0 aliphatic rings. The van der Waals surface area contributed by atoms with E-state index in [4.69, 9.17) is 22.4 Å². The molecule has 4 N–H and O–H groups in total. The fraction of sp³-hybridized carbons (Fsp3) is 0. The van der Waals surface area contributed by atoms with Gasteiger partial charge in [0.15, 0.2) is 5.82 Å². The largest absolute Gasteiger partial charge is 0.478 e. The summed E-state index contributed by atoms with van der Waals surface area (Å²) in [6, 6.07) is 7.93. The minimum Gasteiger partial charge on any atom is -0.478 e.